The molecule has 3 nitrogen and oxygen atoms in total. The van der Waals surface area contributed by atoms with Gasteiger partial charge in [0.25, 0.3) is 0 Å². The van der Waals surface area contributed by atoms with Gasteiger partial charge in [0.2, 0.25) is 0 Å². The van der Waals surface area contributed by atoms with Crippen molar-refractivity contribution in [2.45, 2.75) is 39.4 Å². The third kappa shape index (κ3) is 6.86. The number of anilines is 2. The number of hydrogen-bond acceptors (Lipinski definition) is 3. The van der Waals surface area contributed by atoms with E-state index in [9.17, 15) is 0 Å². The van der Waals surface area contributed by atoms with E-state index in [4.69, 9.17) is 0 Å². The van der Waals surface area contributed by atoms with Gasteiger partial charge in [-0.3, -0.25) is 4.90 Å². The first-order valence-corrected chi connectivity index (χ1v) is 12.7. The van der Waals surface area contributed by atoms with Crippen LogP contribution in [0.5, 0.6) is 0 Å². The molecule has 0 atom stereocenters. The summed E-state index contributed by atoms with van der Waals surface area (Å²) in [6, 6.07) is 26.2. The predicted molar refractivity (Wildman–Crippen MR) is 151 cm³/mol. The van der Waals surface area contributed by atoms with Crippen molar-refractivity contribution in [1.82, 2.24) is 4.90 Å². The fraction of sp³-hybridized carbons (Fsp3) is 0.312. The summed E-state index contributed by atoms with van der Waals surface area (Å²) in [6.45, 7) is 5.95. The molecule has 1 aliphatic rings. The SMILES string of the molecule is Cc1c(CN(C)Cc2ccccc2)cc(N(C)CC2=CCCC=C2)cc1N(C)Cc1ccccc1. The molecule has 0 radical (unpaired) electrons. The average Bonchev–Trinajstić information content (AvgIpc) is 2.87. The Balaban J connectivity index is 1.61. The largest absolute Gasteiger partial charge is 0.370 e. The first kappa shape index (κ1) is 24.8. The van der Waals surface area contributed by atoms with Gasteiger partial charge in [-0.05, 0) is 66.8 Å². The quantitative estimate of drug-likeness (QED) is 0.320. The summed E-state index contributed by atoms with van der Waals surface area (Å²) in [5, 5.41) is 0. The summed E-state index contributed by atoms with van der Waals surface area (Å²) in [5.74, 6) is 0. The van der Waals surface area contributed by atoms with Gasteiger partial charge >= 0.3 is 0 Å². The van der Waals surface area contributed by atoms with E-state index in [-0.39, 0.29) is 0 Å². The van der Waals surface area contributed by atoms with Gasteiger partial charge in [0, 0.05) is 51.6 Å². The number of allylic oxidation sites excluding steroid dienone is 2. The third-order valence-electron chi connectivity index (χ3n) is 6.81. The van der Waals surface area contributed by atoms with Gasteiger partial charge in [-0.2, -0.15) is 0 Å². The molecule has 0 spiro atoms. The van der Waals surface area contributed by atoms with Crippen LogP contribution >= 0.6 is 0 Å². The Bertz CT molecular complexity index is 1150. The number of likely N-dealkylation sites (N-methyl/N-ethyl adjacent to an activating group) is 1. The van der Waals surface area contributed by atoms with Crippen LogP contribution < -0.4 is 9.80 Å². The normalized spacial score (nSPS) is 13.1. The van der Waals surface area contributed by atoms with Crippen molar-refractivity contribution in [3.63, 3.8) is 0 Å². The molecule has 0 aromatic heterocycles. The minimum absolute atomic E-state index is 0.891. The van der Waals surface area contributed by atoms with Crippen LogP contribution in [0, 0.1) is 6.92 Å². The Morgan fingerprint density at radius 3 is 1.97 bits per heavy atom. The Kier molecular flexibility index (Phi) is 8.44. The lowest BCUT2D eigenvalue weighted by Gasteiger charge is -2.29. The Labute approximate surface area is 212 Å². The van der Waals surface area contributed by atoms with Crippen LogP contribution in [-0.2, 0) is 19.6 Å². The molecule has 0 aliphatic heterocycles. The van der Waals surface area contributed by atoms with Gasteiger partial charge in [0.05, 0.1) is 0 Å². The highest BCUT2D eigenvalue weighted by Gasteiger charge is 2.16. The standard InChI is InChI=1S/C32H39N3/c1-26-30(25-33(2)22-27-14-8-5-9-15-27)20-31(34(3)23-28-16-10-6-11-17-28)21-32(26)35(4)24-29-18-12-7-13-19-29/h5,7-10,12-21H,6,11,22-25H2,1-4H3. The maximum absolute atomic E-state index is 2.41. The van der Waals surface area contributed by atoms with E-state index in [1.165, 1.54) is 39.2 Å². The molecule has 3 aromatic rings. The second-order valence-corrected chi connectivity index (χ2v) is 9.86. The van der Waals surface area contributed by atoms with Gasteiger partial charge in [-0.25, -0.2) is 0 Å². The molecular formula is C32H39N3. The first-order chi connectivity index (χ1) is 17.0. The zero-order valence-corrected chi connectivity index (χ0v) is 21.7. The van der Waals surface area contributed by atoms with Gasteiger partial charge in [0.15, 0.2) is 0 Å². The zero-order valence-electron chi connectivity index (χ0n) is 21.7. The average molecular weight is 466 g/mol. The summed E-state index contributed by atoms with van der Waals surface area (Å²) in [6.07, 6.45) is 9.26. The van der Waals surface area contributed by atoms with E-state index in [1.807, 2.05) is 0 Å². The fourth-order valence-electron chi connectivity index (χ4n) is 4.86. The fourth-order valence-corrected chi connectivity index (χ4v) is 4.86. The van der Waals surface area contributed by atoms with Crippen molar-refractivity contribution in [2.24, 2.45) is 0 Å². The topological polar surface area (TPSA) is 9.72 Å². The van der Waals surface area contributed by atoms with E-state index in [2.05, 4.69) is 134 Å². The van der Waals surface area contributed by atoms with E-state index < -0.39 is 0 Å². The maximum Gasteiger partial charge on any atom is 0.0426 e. The number of benzene rings is 3. The smallest absolute Gasteiger partial charge is 0.0426 e. The molecule has 0 saturated carbocycles. The van der Waals surface area contributed by atoms with Crippen molar-refractivity contribution in [3.8, 4) is 0 Å². The van der Waals surface area contributed by atoms with E-state index in [0.717, 1.165) is 39.0 Å². The lowest BCUT2D eigenvalue weighted by Crippen LogP contribution is -2.24. The van der Waals surface area contributed by atoms with Crippen molar-refractivity contribution in [3.05, 3.63) is 119 Å². The zero-order chi connectivity index (χ0) is 24.6. The molecule has 0 heterocycles. The predicted octanol–water partition coefficient (Wildman–Crippen LogP) is 6.98. The molecular weight excluding hydrogens is 426 g/mol. The van der Waals surface area contributed by atoms with Gasteiger partial charge in [0.1, 0.15) is 0 Å². The molecule has 35 heavy (non-hydrogen) atoms. The highest BCUT2D eigenvalue weighted by Crippen LogP contribution is 2.31. The second-order valence-electron chi connectivity index (χ2n) is 9.86. The summed E-state index contributed by atoms with van der Waals surface area (Å²) in [4.78, 5) is 7.19. The minimum Gasteiger partial charge on any atom is -0.370 e. The lowest BCUT2D eigenvalue weighted by atomic mass is 10.0. The second kappa shape index (κ2) is 11.9. The van der Waals surface area contributed by atoms with Gasteiger partial charge in [-0.15, -0.1) is 0 Å². The van der Waals surface area contributed by atoms with Crippen molar-refractivity contribution in [1.29, 1.82) is 0 Å². The Morgan fingerprint density at radius 2 is 1.34 bits per heavy atom. The van der Waals surface area contributed by atoms with Crippen molar-refractivity contribution >= 4 is 11.4 Å². The van der Waals surface area contributed by atoms with Gasteiger partial charge in [-0.1, -0.05) is 78.9 Å². The molecule has 1 aliphatic carbocycles. The summed E-state index contributed by atoms with van der Waals surface area (Å²) in [5.41, 5.74) is 9.39. The summed E-state index contributed by atoms with van der Waals surface area (Å²) < 4.78 is 0. The Morgan fingerprint density at radius 1 is 0.686 bits per heavy atom. The molecule has 0 amide bonds. The van der Waals surface area contributed by atoms with E-state index in [0.29, 0.717) is 0 Å². The van der Waals surface area contributed by atoms with Gasteiger partial charge < -0.3 is 9.80 Å². The summed E-state index contributed by atoms with van der Waals surface area (Å²) >= 11 is 0. The monoisotopic (exact) mass is 465 g/mol. The first-order valence-electron chi connectivity index (χ1n) is 12.7. The number of nitrogens with zero attached hydrogens (tertiary/aromatic N) is 3. The molecule has 182 valence electrons. The van der Waals surface area contributed by atoms with Crippen LogP contribution in [0.15, 0.2) is 96.6 Å². The van der Waals surface area contributed by atoms with Crippen LogP contribution in [0.2, 0.25) is 0 Å². The maximum atomic E-state index is 2.41. The molecule has 0 bridgehead atoms. The molecule has 4 rings (SSSR count). The van der Waals surface area contributed by atoms with E-state index in [1.54, 1.807) is 0 Å². The number of hydrogen-bond donors (Lipinski definition) is 0. The summed E-state index contributed by atoms with van der Waals surface area (Å²) in [7, 11) is 6.64. The molecule has 0 unspecified atom stereocenters. The van der Waals surface area contributed by atoms with E-state index >= 15 is 0 Å². The minimum atomic E-state index is 0.891. The third-order valence-corrected chi connectivity index (χ3v) is 6.81. The molecule has 0 fully saturated rings. The van der Waals surface area contributed by atoms with Crippen LogP contribution in [0.4, 0.5) is 11.4 Å². The Hall–Kier alpha value is -3.30. The lowest BCUT2D eigenvalue weighted by molar-refractivity contribution is 0.318. The van der Waals surface area contributed by atoms with Crippen LogP contribution in [-0.4, -0.2) is 32.6 Å². The van der Waals surface area contributed by atoms with Crippen LogP contribution in [0.1, 0.15) is 35.1 Å². The van der Waals surface area contributed by atoms with Crippen LogP contribution in [0.25, 0.3) is 0 Å². The van der Waals surface area contributed by atoms with Crippen LogP contribution in [0.3, 0.4) is 0 Å². The molecule has 3 aromatic carbocycles. The molecule has 0 N–H and O–H groups in total. The van der Waals surface area contributed by atoms with Crippen molar-refractivity contribution < 1.29 is 0 Å². The highest BCUT2D eigenvalue weighted by atomic mass is 15.1. The van der Waals surface area contributed by atoms with Crippen molar-refractivity contribution in [2.75, 3.05) is 37.5 Å². The molecule has 3 heteroatoms. The highest BCUT2D eigenvalue weighted by molar-refractivity contribution is 5.66. The molecule has 0 saturated heterocycles. The number of rotatable bonds is 10.